The van der Waals surface area contributed by atoms with E-state index in [1.165, 1.54) is 302 Å². The second kappa shape index (κ2) is 80.7. The molecule has 0 aromatic carbocycles. The van der Waals surface area contributed by atoms with E-state index < -0.39 is 97.5 Å². The van der Waals surface area contributed by atoms with Crippen molar-refractivity contribution in [3.05, 3.63) is 0 Å². The van der Waals surface area contributed by atoms with Crippen LogP contribution in [0.2, 0.25) is 0 Å². The quantitative estimate of drug-likeness (QED) is 0.0222. The molecular formula is C88H172O17P2. The molecule has 0 saturated heterocycles. The van der Waals surface area contributed by atoms with E-state index in [-0.39, 0.29) is 25.7 Å². The summed E-state index contributed by atoms with van der Waals surface area (Å²) >= 11 is 0. The molecule has 0 aliphatic heterocycles. The summed E-state index contributed by atoms with van der Waals surface area (Å²) in [5.41, 5.74) is 0. The molecule has 0 aromatic rings. The highest BCUT2D eigenvalue weighted by Gasteiger charge is 2.30. The zero-order valence-corrected chi connectivity index (χ0v) is 72.1. The summed E-state index contributed by atoms with van der Waals surface area (Å²) in [5, 5.41) is 10.7. The van der Waals surface area contributed by atoms with Gasteiger partial charge in [0.2, 0.25) is 0 Å². The van der Waals surface area contributed by atoms with Gasteiger partial charge in [-0.25, -0.2) is 9.13 Å². The number of rotatable bonds is 88. The van der Waals surface area contributed by atoms with Crippen molar-refractivity contribution >= 4 is 39.5 Å². The second-order valence-corrected chi connectivity index (χ2v) is 35.0. The molecule has 0 radical (unpaired) electrons. The summed E-state index contributed by atoms with van der Waals surface area (Å²) in [6.45, 7) is 7.40. The van der Waals surface area contributed by atoms with Gasteiger partial charge < -0.3 is 33.8 Å². The summed E-state index contributed by atoms with van der Waals surface area (Å²) < 4.78 is 69.0. The predicted octanol–water partition coefficient (Wildman–Crippen LogP) is 27.2. The molecule has 636 valence electrons. The molecule has 17 nitrogen and oxygen atoms in total. The number of phosphoric ester groups is 2. The van der Waals surface area contributed by atoms with Crippen molar-refractivity contribution in [3.63, 3.8) is 0 Å². The molecule has 0 aliphatic rings. The SMILES string of the molecule is CCCCCCCCCCCCCCCCCCCCCCC(=O)O[C@H](COC(=O)CCCCCCCCCCCCCCCCCCC(C)C)COP(=O)(O)OC[C@@H](O)COP(=O)(O)OC[C@@H](COC(=O)CCCCCCCCCCCC)OC(=O)CCCCCCCCCCCCCCCCCCCC. The zero-order chi connectivity index (χ0) is 78.3. The Morgan fingerprint density at radius 1 is 0.252 bits per heavy atom. The Morgan fingerprint density at radius 3 is 0.636 bits per heavy atom. The second-order valence-electron chi connectivity index (χ2n) is 32.1. The van der Waals surface area contributed by atoms with Gasteiger partial charge in [-0.05, 0) is 31.6 Å². The smallest absolute Gasteiger partial charge is 0.462 e. The minimum Gasteiger partial charge on any atom is -0.462 e. The minimum atomic E-state index is -4.97. The summed E-state index contributed by atoms with van der Waals surface area (Å²) in [5.74, 6) is -1.28. The molecule has 19 heteroatoms. The van der Waals surface area contributed by atoms with Crippen LogP contribution in [0.5, 0.6) is 0 Å². The number of carbonyl (C=O) groups is 4. The number of phosphoric acid groups is 2. The molecule has 3 N–H and O–H groups in total. The van der Waals surface area contributed by atoms with E-state index >= 15 is 0 Å². The summed E-state index contributed by atoms with van der Waals surface area (Å²) in [4.78, 5) is 73.3. The number of hydrogen-bond donors (Lipinski definition) is 3. The van der Waals surface area contributed by atoms with Crippen LogP contribution in [0.25, 0.3) is 0 Å². The van der Waals surface area contributed by atoms with Crippen molar-refractivity contribution in [2.45, 2.75) is 496 Å². The van der Waals surface area contributed by atoms with Gasteiger partial charge in [0.05, 0.1) is 26.4 Å². The number of carbonyl (C=O) groups excluding carboxylic acids is 4. The van der Waals surface area contributed by atoms with E-state index in [0.29, 0.717) is 25.7 Å². The van der Waals surface area contributed by atoms with Crippen molar-refractivity contribution in [2.24, 2.45) is 5.92 Å². The minimum absolute atomic E-state index is 0.109. The lowest BCUT2D eigenvalue weighted by Crippen LogP contribution is -2.30. The topological polar surface area (TPSA) is 237 Å². The molecule has 0 aromatic heterocycles. The summed E-state index contributed by atoms with van der Waals surface area (Å²) in [6, 6.07) is 0. The van der Waals surface area contributed by atoms with E-state index in [9.17, 15) is 43.2 Å². The fourth-order valence-corrected chi connectivity index (χ4v) is 15.4. The van der Waals surface area contributed by atoms with Gasteiger partial charge in [0.15, 0.2) is 12.2 Å². The standard InChI is InChI=1S/C88H172O17P2/c1-6-9-12-15-18-21-24-26-28-30-32-33-35-41-45-49-54-59-64-69-74-88(93)105-84(78-99-86(91)72-67-62-57-52-47-43-39-37-36-38-42-46-50-55-60-65-70-81(4)5)80-103-107(96,97)101-76-82(89)75-100-106(94,95)102-79-83(77-98-85(90)71-66-61-56-51-23-20-17-14-11-8-3)104-87(92)73-68-63-58-53-48-44-40-34-31-29-27-25-22-19-16-13-10-7-2/h81-84,89H,6-80H2,1-5H3,(H,94,95)(H,96,97)/t82-,83+,84+/m0/s1. The Morgan fingerprint density at radius 2 is 0.430 bits per heavy atom. The molecule has 0 aliphatic carbocycles. The van der Waals surface area contributed by atoms with Gasteiger partial charge in [-0.1, -0.05) is 426 Å². The van der Waals surface area contributed by atoms with Crippen LogP contribution in [0.3, 0.4) is 0 Å². The highest BCUT2D eigenvalue weighted by molar-refractivity contribution is 7.47. The number of esters is 4. The maximum absolute atomic E-state index is 13.2. The van der Waals surface area contributed by atoms with Crippen molar-refractivity contribution < 1.29 is 80.2 Å². The van der Waals surface area contributed by atoms with Crippen LogP contribution in [0.1, 0.15) is 478 Å². The molecule has 0 rings (SSSR count). The van der Waals surface area contributed by atoms with Crippen LogP contribution in [-0.2, 0) is 65.4 Å². The lowest BCUT2D eigenvalue weighted by Gasteiger charge is -2.21. The number of hydrogen-bond acceptors (Lipinski definition) is 15. The van der Waals surface area contributed by atoms with E-state index in [1.807, 2.05) is 0 Å². The normalized spacial score (nSPS) is 13.7. The summed E-state index contributed by atoms with van der Waals surface area (Å²) in [7, 11) is -9.93. The Bertz CT molecular complexity index is 2030. The molecule has 0 saturated carbocycles. The number of unbranched alkanes of at least 4 members (excludes halogenated alkanes) is 60. The van der Waals surface area contributed by atoms with Crippen molar-refractivity contribution in [3.8, 4) is 0 Å². The highest BCUT2D eigenvalue weighted by atomic mass is 31.2. The largest absolute Gasteiger partial charge is 0.472 e. The summed E-state index contributed by atoms with van der Waals surface area (Å²) in [6.07, 6.45) is 75.0. The van der Waals surface area contributed by atoms with Crippen LogP contribution in [-0.4, -0.2) is 96.7 Å². The molecule has 107 heavy (non-hydrogen) atoms. The zero-order valence-electron chi connectivity index (χ0n) is 70.3. The maximum Gasteiger partial charge on any atom is 0.472 e. The molecule has 0 fully saturated rings. The third-order valence-electron chi connectivity index (χ3n) is 20.8. The van der Waals surface area contributed by atoms with Crippen molar-refractivity contribution in [1.82, 2.24) is 0 Å². The van der Waals surface area contributed by atoms with Crippen LogP contribution >= 0.6 is 15.6 Å². The number of aliphatic hydroxyl groups excluding tert-OH is 1. The van der Waals surface area contributed by atoms with Gasteiger partial charge in [-0.2, -0.15) is 0 Å². The van der Waals surface area contributed by atoms with E-state index in [0.717, 1.165) is 95.8 Å². The average Bonchev–Trinajstić information content (AvgIpc) is 0.903. The lowest BCUT2D eigenvalue weighted by atomic mass is 10.0. The van der Waals surface area contributed by atoms with E-state index in [4.69, 9.17) is 37.0 Å². The Labute approximate surface area is 658 Å². The van der Waals surface area contributed by atoms with E-state index in [2.05, 4.69) is 34.6 Å². The fourth-order valence-electron chi connectivity index (χ4n) is 13.8. The molecule has 5 atom stereocenters. The first-order valence-electron chi connectivity index (χ1n) is 45.6. The molecule has 0 spiro atoms. The third kappa shape index (κ3) is 81.9. The fraction of sp³-hybridized carbons (Fsp3) is 0.955. The van der Waals surface area contributed by atoms with Crippen molar-refractivity contribution in [1.29, 1.82) is 0 Å². The Balaban J connectivity index is 5.22. The van der Waals surface area contributed by atoms with Gasteiger partial charge in [0.1, 0.15) is 19.3 Å². The molecule has 2 unspecified atom stereocenters. The van der Waals surface area contributed by atoms with Gasteiger partial charge in [-0.3, -0.25) is 37.3 Å². The lowest BCUT2D eigenvalue weighted by molar-refractivity contribution is -0.161. The highest BCUT2D eigenvalue weighted by Crippen LogP contribution is 2.45. The molecule has 0 heterocycles. The van der Waals surface area contributed by atoms with Crippen LogP contribution in [0, 0.1) is 5.92 Å². The van der Waals surface area contributed by atoms with E-state index in [1.54, 1.807) is 0 Å². The van der Waals surface area contributed by atoms with Gasteiger partial charge >= 0.3 is 39.5 Å². The van der Waals surface area contributed by atoms with Gasteiger partial charge in [0.25, 0.3) is 0 Å². The van der Waals surface area contributed by atoms with Gasteiger partial charge in [0, 0.05) is 25.7 Å². The monoisotopic (exact) mass is 1560 g/mol. The predicted molar refractivity (Wildman–Crippen MR) is 442 cm³/mol. The maximum atomic E-state index is 13.2. The Kier molecular flexibility index (Phi) is 79.2. The third-order valence-corrected chi connectivity index (χ3v) is 22.7. The van der Waals surface area contributed by atoms with Crippen molar-refractivity contribution in [2.75, 3.05) is 39.6 Å². The first kappa shape index (κ1) is 105. The Hall–Kier alpha value is -1.94. The van der Waals surface area contributed by atoms with Crippen LogP contribution in [0.15, 0.2) is 0 Å². The van der Waals surface area contributed by atoms with Crippen LogP contribution in [0.4, 0.5) is 0 Å². The van der Waals surface area contributed by atoms with Gasteiger partial charge in [-0.15, -0.1) is 0 Å². The molecular weight excluding hydrogens is 1390 g/mol. The molecule has 0 amide bonds. The number of aliphatic hydroxyl groups is 1. The average molecular weight is 1560 g/mol. The molecule has 0 bridgehead atoms. The first-order valence-corrected chi connectivity index (χ1v) is 48.6. The van der Waals surface area contributed by atoms with Crippen LogP contribution < -0.4 is 0 Å². The first-order chi connectivity index (χ1) is 52.0. The number of ether oxygens (including phenoxy) is 4.